The number of pyridine rings is 1. The monoisotopic (exact) mass is 236 g/mol. The van der Waals surface area contributed by atoms with E-state index < -0.39 is 0 Å². The number of thioether (sulfide) groups is 1. The average molecular weight is 236 g/mol. The number of hydrogen-bond donors (Lipinski definition) is 1. The summed E-state index contributed by atoms with van der Waals surface area (Å²) in [5.74, 6) is 1.34. The van der Waals surface area contributed by atoms with Crippen LogP contribution in [-0.4, -0.2) is 15.9 Å². The molecule has 0 bridgehead atoms. The number of aromatic nitrogens is 1. The zero-order valence-electron chi connectivity index (χ0n) is 9.56. The van der Waals surface area contributed by atoms with Crippen LogP contribution >= 0.6 is 11.8 Å². The molecule has 3 nitrogen and oxygen atoms in total. The van der Waals surface area contributed by atoms with Crippen LogP contribution in [0.25, 0.3) is 6.08 Å². The van der Waals surface area contributed by atoms with E-state index in [1.165, 1.54) is 11.8 Å². The molecule has 0 saturated heterocycles. The number of nitrogens with two attached hydrogens (primary N) is 1. The zero-order chi connectivity index (χ0) is 12.0. The summed E-state index contributed by atoms with van der Waals surface area (Å²) >= 11 is 1.34. The third-order valence-corrected chi connectivity index (χ3v) is 2.87. The summed E-state index contributed by atoms with van der Waals surface area (Å²) < 4.78 is 0. The maximum Gasteiger partial charge on any atom is 0.185 e. The SMILES string of the molecule is CC(=O)SCCC=Cc1nc(N)ccc1C. The Morgan fingerprint density at radius 3 is 3.00 bits per heavy atom. The van der Waals surface area contributed by atoms with Crippen molar-refractivity contribution in [3.63, 3.8) is 0 Å². The lowest BCUT2D eigenvalue weighted by Gasteiger charge is -2.00. The molecule has 0 amide bonds. The second kappa shape index (κ2) is 6.33. The number of hydrogen-bond acceptors (Lipinski definition) is 4. The van der Waals surface area contributed by atoms with Gasteiger partial charge in [0.05, 0.1) is 5.69 Å². The van der Waals surface area contributed by atoms with Gasteiger partial charge in [-0.2, -0.15) is 0 Å². The molecule has 1 aromatic rings. The highest BCUT2D eigenvalue weighted by Gasteiger charge is 1.96. The molecular weight excluding hydrogens is 220 g/mol. The number of carbonyl (C=O) groups is 1. The molecule has 0 aromatic carbocycles. The second-order valence-corrected chi connectivity index (χ2v) is 4.74. The molecule has 16 heavy (non-hydrogen) atoms. The van der Waals surface area contributed by atoms with Gasteiger partial charge in [-0.1, -0.05) is 23.9 Å². The average Bonchev–Trinajstić information content (AvgIpc) is 2.22. The number of allylic oxidation sites excluding steroid dienone is 1. The number of carbonyl (C=O) groups excluding carboxylic acids is 1. The molecule has 0 spiro atoms. The molecular formula is C12H16N2OS. The number of anilines is 1. The fourth-order valence-electron chi connectivity index (χ4n) is 1.19. The first-order valence-corrected chi connectivity index (χ1v) is 6.11. The Morgan fingerprint density at radius 1 is 1.56 bits per heavy atom. The normalized spacial score (nSPS) is 10.9. The first-order valence-electron chi connectivity index (χ1n) is 5.12. The largest absolute Gasteiger partial charge is 0.384 e. The molecule has 0 fully saturated rings. The molecule has 86 valence electrons. The highest BCUT2D eigenvalue weighted by Crippen LogP contribution is 2.11. The minimum absolute atomic E-state index is 0.159. The van der Waals surface area contributed by atoms with Crippen LogP contribution in [0, 0.1) is 6.92 Å². The van der Waals surface area contributed by atoms with Gasteiger partial charge < -0.3 is 5.73 Å². The van der Waals surface area contributed by atoms with Gasteiger partial charge in [-0.3, -0.25) is 4.79 Å². The van der Waals surface area contributed by atoms with Crippen molar-refractivity contribution in [1.29, 1.82) is 0 Å². The van der Waals surface area contributed by atoms with Crippen LogP contribution < -0.4 is 5.73 Å². The lowest BCUT2D eigenvalue weighted by atomic mass is 10.2. The molecule has 0 atom stereocenters. The number of aryl methyl sites for hydroxylation is 1. The van der Waals surface area contributed by atoms with Gasteiger partial charge in [0.1, 0.15) is 5.82 Å². The summed E-state index contributed by atoms with van der Waals surface area (Å²) in [7, 11) is 0. The summed E-state index contributed by atoms with van der Waals surface area (Å²) in [5, 5.41) is 0.159. The maximum absolute atomic E-state index is 10.7. The molecule has 2 N–H and O–H groups in total. The Balaban J connectivity index is 2.49. The standard InChI is InChI=1S/C12H16N2OS/c1-9-6-7-12(13)14-11(9)5-3-4-8-16-10(2)15/h3,5-7H,4,8H2,1-2H3,(H2,13,14). The molecule has 0 aliphatic carbocycles. The van der Waals surface area contributed by atoms with Crippen molar-refractivity contribution >= 4 is 28.8 Å². The van der Waals surface area contributed by atoms with E-state index in [-0.39, 0.29) is 5.12 Å². The van der Waals surface area contributed by atoms with Crippen LogP contribution in [0.1, 0.15) is 24.6 Å². The Hall–Kier alpha value is -1.29. The van der Waals surface area contributed by atoms with Gasteiger partial charge in [-0.15, -0.1) is 0 Å². The van der Waals surface area contributed by atoms with E-state index in [9.17, 15) is 4.79 Å². The summed E-state index contributed by atoms with van der Waals surface area (Å²) in [5.41, 5.74) is 7.60. The van der Waals surface area contributed by atoms with Gasteiger partial charge in [-0.05, 0) is 31.1 Å². The fourth-order valence-corrected chi connectivity index (χ4v) is 1.74. The summed E-state index contributed by atoms with van der Waals surface area (Å²) in [4.78, 5) is 14.9. The molecule has 0 saturated carbocycles. The van der Waals surface area contributed by atoms with Crippen LogP contribution in [0.15, 0.2) is 18.2 Å². The number of nitrogens with zero attached hydrogens (tertiary/aromatic N) is 1. The predicted molar refractivity (Wildman–Crippen MR) is 70.2 cm³/mol. The number of rotatable bonds is 4. The highest BCUT2D eigenvalue weighted by molar-refractivity contribution is 8.13. The van der Waals surface area contributed by atoms with Crippen LogP contribution in [0.2, 0.25) is 0 Å². The van der Waals surface area contributed by atoms with Gasteiger partial charge in [0.25, 0.3) is 0 Å². The van der Waals surface area contributed by atoms with Gasteiger partial charge >= 0.3 is 0 Å². The van der Waals surface area contributed by atoms with E-state index in [0.717, 1.165) is 23.4 Å². The van der Waals surface area contributed by atoms with Crippen molar-refractivity contribution in [3.05, 3.63) is 29.5 Å². The minimum Gasteiger partial charge on any atom is -0.384 e. The molecule has 0 aliphatic rings. The Kier molecular flexibility index (Phi) is 5.05. The Bertz CT molecular complexity index is 402. The van der Waals surface area contributed by atoms with Gasteiger partial charge in [0, 0.05) is 12.7 Å². The third-order valence-electron chi connectivity index (χ3n) is 2.02. The van der Waals surface area contributed by atoms with E-state index in [4.69, 9.17) is 5.73 Å². The Labute approximate surface area is 100 Å². The molecule has 4 heteroatoms. The lowest BCUT2D eigenvalue weighted by molar-refractivity contribution is -0.109. The van der Waals surface area contributed by atoms with Crippen molar-refractivity contribution in [3.8, 4) is 0 Å². The summed E-state index contributed by atoms with van der Waals surface area (Å²) in [6, 6.07) is 3.74. The maximum atomic E-state index is 10.7. The van der Waals surface area contributed by atoms with Crippen LogP contribution in [0.4, 0.5) is 5.82 Å². The second-order valence-electron chi connectivity index (χ2n) is 3.47. The predicted octanol–water partition coefficient (Wildman–Crippen LogP) is 2.66. The first-order chi connectivity index (χ1) is 7.59. The first kappa shape index (κ1) is 12.8. The fraction of sp³-hybridized carbons (Fsp3) is 0.333. The molecule has 0 unspecified atom stereocenters. The third kappa shape index (κ3) is 4.49. The van der Waals surface area contributed by atoms with E-state index in [1.807, 2.05) is 25.1 Å². The molecule has 1 aromatic heterocycles. The quantitative estimate of drug-likeness (QED) is 0.816. The number of nitrogen functional groups attached to an aromatic ring is 1. The van der Waals surface area contributed by atoms with Gasteiger partial charge in [0.2, 0.25) is 0 Å². The van der Waals surface area contributed by atoms with Crippen LogP contribution in [0.5, 0.6) is 0 Å². The van der Waals surface area contributed by atoms with E-state index >= 15 is 0 Å². The lowest BCUT2D eigenvalue weighted by Crippen LogP contribution is -1.93. The van der Waals surface area contributed by atoms with Crippen molar-refractivity contribution in [2.45, 2.75) is 20.3 Å². The van der Waals surface area contributed by atoms with Crippen molar-refractivity contribution in [2.24, 2.45) is 0 Å². The molecule has 1 heterocycles. The van der Waals surface area contributed by atoms with E-state index in [1.54, 1.807) is 13.0 Å². The molecule has 1 rings (SSSR count). The topological polar surface area (TPSA) is 56.0 Å². The van der Waals surface area contributed by atoms with Crippen molar-refractivity contribution in [1.82, 2.24) is 4.98 Å². The van der Waals surface area contributed by atoms with Crippen LogP contribution in [0.3, 0.4) is 0 Å². The van der Waals surface area contributed by atoms with Crippen molar-refractivity contribution in [2.75, 3.05) is 11.5 Å². The Morgan fingerprint density at radius 2 is 2.31 bits per heavy atom. The zero-order valence-corrected chi connectivity index (χ0v) is 10.4. The molecule has 0 aliphatic heterocycles. The van der Waals surface area contributed by atoms with E-state index in [0.29, 0.717) is 5.82 Å². The van der Waals surface area contributed by atoms with Gasteiger partial charge in [0.15, 0.2) is 5.12 Å². The van der Waals surface area contributed by atoms with E-state index in [2.05, 4.69) is 4.98 Å². The summed E-state index contributed by atoms with van der Waals surface area (Å²) in [6.45, 7) is 3.58. The highest BCUT2D eigenvalue weighted by atomic mass is 32.2. The smallest absolute Gasteiger partial charge is 0.185 e. The molecule has 0 radical (unpaired) electrons. The summed E-state index contributed by atoms with van der Waals surface area (Å²) in [6.07, 6.45) is 4.83. The van der Waals surface area contributed by atoms with Gasteiger partial charge in [-0.25, -0.2) is 4.98 Å². The van der Waals surface area contributed by atoms with Crippen LogP contribution in [-0.2, 0) is 4.79 Å². The minimum atomic E-state index is 0.159. The van der Waals surface area contributed by atoms with Crippen molar-refractivity contribution < 1.29 is 4.79 Å².